The van der Waals surface area contributed by atoms with E-state index in [0.717, 1.165) is 29.9 Å². The molecule has 2 heterocycles. The minimum atomic E-state index is -0.332. The highest BCUT2D eigenvalue weighted by molar-refractivity contribution is 7.26. The molecule has 0 N–H and O–H groups in total. The third-order valence-corrected chi connectivity index (χ3v) is 16.3. The van der Waals surface area contributed by atoms with Crippen molar-refractivity contribution < 1.29 is 0 Å². The molecule has 10 aromatic rings. The molecule has 3 aliphatic carbocycles. The predicted octanol–water partition coefficient (Wildman–Crippen LogP) is 16.7. The van der Waals surface area contributed by atoms with E-state index in [2.05, 4.69) is 207 Å². The van der Waals surface area contributed by atoms with E-state index in [9.17, 15) is 0 Å². The highest BCUT2D eigenvalue weighted by Gasteiger charge is 2.54. The molecule has 0 aliphatic heterocycles. The molecule has 1 spiro atoms. The number of hydrogen-bond donors (Lipinski definition) is 0. The first-order chi connectivity index (χ1) is 30.0. The standard InChI is InChI=1S/C58H41NS2/c1-57(2)48-17-7-9-19-50(48)58(51-20-10-8-18-49(51)57)47-16-6-3-13-41(47)42-30-25-37(33-52(42)58)36-23-26-38(27-24-36)59(39-28-31-45-43-14-4-11-21-53(43)60-55(45)34-39)40-29-32-46-44-15-5-12-22-54(44)61-56(46)35-40/h3-5,7-15,17-35H,6,16H2,1-2H3. The number of rotatable bonds is 4. The van der Waals surface area contributed by atoms with Gasteiger partial charge in [0.25, 0.3) is 0 Å². The van der Waals surface area contributed by atoms with E-state index in [1.54, 1.807) is 5.57 Å². The normalized spacial score (nSPS) is 15.7. The van der Waals surface area contributed by atoms with E-state index in [0.29, 0.717) is 0 Å². The fourth-order valence-corrected chi connectivity index (χ4v) is 13.6. The van der Waals surface area contributed by atoms with Crippen LogP contribution in [0.15, 0.2) is 194 Å². The Morgan fingerprint density at radius 2 is 0.951 bits per heavy atom. The second kappa shape index (κ2) is 13.0. The number of allylic oxidation sites excluding steroid dienone is 4. The molecule has 2 aromatic heterocycles. The molecular formula is C58H41NS2. The summed E-state index contributed by atoms with van der Waals surface area (Å²) in [4.78, 5) is 2.44. The molecule has 0 bridgehead atoms. The van der Waals surface area contributed by atoms with Gasteiger partial charge in [0.1, 0.15) is 0 Å². The van der Waals surface area contributed by atoms with Crippen LogP contribution in [0, 0.1) is 0 Å². The lowest BCUT2D eigenvalue weighted by molar-refractivity contribution is 0.550. The molecule has 61 heavy (non-hydrogen) atoms. The topological polar surface area (TPSA) is 3.24 Å². The summed E-state index contributed by atoms with van der Waals surface area (Å²) in [5, 5.41) is 5.27. The van der Waals surface area contributed by atoms with Gasteiger partial charge >= 0.3 is 0 Å². The predicted molar refractivity (Wildman–Crippen MR) is 263 cm³/mol. The molecule has 0 fully saturated rings. The first kappa shape index (κ1) is 35.3. The number of hydrogen-bond acceptors (Lipinski definition) is 3. The number of nitrogens with zero attached hydrogens (tertiary/aromatic N) is 1. The van der Waals surface area contributed by atoms with Crippen molar-refractivity contribution in [3.05, 3.63) is 227 Å². The number of thiophene rings is 2. The van der Waals surface area contributed by atoms with Gasteiger partial charge in [0.2, 0.25) is 0 Å². The Morgan fingerprint density at radius 3 is 1.56 bits per heavy atom. The third-order valence-electron chi connectivity index (χ3n) is 14.0. The minimum Gasteiger partial charge on any atom is -0.310 e. The average Bonchev–Trinajstić information content (AvgIpc) is 3.96. The van der Waals surface area contributed by atoms with Crippen molar-refractivity contribution in [2.24, 2.45) is 0 Å². The van der Waals surface area contributed by atoms with Crippen LogP contribution in [-0.2, 0) is 10.8 Å². The lowest BCUT2D eigenvalue weighted by Gasteiger charge is -2.47. The van der Waals surface area contributed by atoms with Gasteiger partial charge in [-0.15, -0.1) is 22.7 Å². The van der Waals surface area contributed by atoms with Crippen LogP contribution in [0.2, 0.25) is 0 Å². The average molecular weight is 816 g/mol. The van der Waals surface area contributed by atoms with Crippen molar-refractivity contribution in [1.82, 2.24) is 0 Å². The zero-order valence-electron chi connectivity index (χ0n) is 34.1. The summed E-state index contributed by atoms with van der Waals surface area (Å²) in [5.41, 5.74) is 17.0. The lowest BCUT2D eigenvalue weighted by atomic mass is 9.54. The van der Waals surface area contributed by atoms with Gasteiger partial charge in [-0.25, -0.2) is 0 Å². The van der Waals surface area contributed by atoms with Gasteiger partial charge in [-0.2, -0.15) is 0 Å². The summed E-state index contributed by atoms with van der Waals surface area (Å²) in [6.45, 7) is 4.82. The summed E-state index contributed by atoms with van der Waals surface area (Å²) in [5.74, 6) is 0. The number of benzene rings is 8. The Kier molecular flexibility index (Phi) is 7.51. The molecule has 290 valence electrons. The van der Waals surface area contributed by atoms with Gasteiger partial charge in [-0.05, 0) is 123 Å². The van der Waals surface area contributed by atoms with Gasteiger partial charge in [0.05, 0.1) is 5.41 Å². The highest BCUT2D eigenvalue weighted by atomic mass is 32.1. The maximum absolute atomic E-state index is 2.53. The summed E-state index contributed by atoms with van der Waals surface area (Å²) < 4.78 is 5.25. The Hall–Kier alpha value is -6.52. The SMILES string of the molecule is CC1(C)c2ccccc2C2(C3=C(C=CCC3)c3ccc(-c4ccc(N(c5ccc6c(c5)sc5ccccc56)c5ccc6c(c5)sc5ccccc56)cc4)cc32)c2ccccc21. The Morgan fingerprint density at radius 1 is 0.443 bits per heavy atom. The molecule has 1 nitrogen and oxygen atoms in total. The van der Waals surface area contributed by atoms with Gasteiger partial charge in [-0.3, -0.25) is 0 Å². The summed E-state index contributed by atoms with van der Waals surface area (Å²) >= 11 is 3.75. The van der Waals surface area contributed by atoms with Gasteiger partial charge < -0.3 is 4.90 Å². The third kappa shape index (κ3) is 4.93. The molecule has 0 saturated carbocycles. The summed E-state index contributed by atoms with van der Waals surface area (Å²) in [6, 6.07) is 66.7. The van der Waals surface area contributed by atoms with Crippen LogP contribution in [0.5, 0.6) is 0 Å². The molecule has 0 radical (unpaired) electrons. The second-order valence-corrected chi connectivity index (χ2v) is 19.7. The monoisotopic (exact) mass is 815 g/mol. The second-order valence-electron chi connectivity index (χ2n) is 17.5. The zero-order valence-corrected chi connectivity index (χ0v) is 35.7. The molecule has 0 amide bonds. The van der Waals surface area contributed by atoms with Gasteiger partial charge in [-0.1, -0.05) is 147 Å². The van der Waals surface area contributed by atoms with Crippen LogP contribution in [0.4, 0.5) is 17.1 Å². The molecule has 0 unspecified atom stereocenters. The van der Waals surface area contributed by atoms with Crippen molar-refractivity contribution in [1.29, 1.82) is 0 Å². The van der Waals surface area contributed by atoms with Crippen molar-refractivity contribution in [3.63, 3.8) is 0 Å². The first-order valence-electron chi connectivity index (χ1n) is 21.5. The Labute approximate surface area is 364 Å². The smallest absolute Gasteiger partial charge is 0.0682 e. The molecule has 13 rings (SSSR count). The van der Waals surface area contributed by atoms with E-state index in [-0.39, 0.29) is 10.8 Å². The largest absolute Gasteiger partial charge is 0.310 e. The van der Waals surface area contributed by atoms with Crippen molar-refractivity contribution in [2.75, 3.05) is 4.90 Å². The maximum Gasteiger partial charge on any atom is 0.0682 e. The molecule has 3 aliphatic rings. The van der Waals surface area contributed by atoms with Crippen molar-refractivity contribution in [3.8, 4) is 11.1 Å². The fourth-order valence-electron chi connectivity index (χ4n) is 11.3. The van der Waals surface area contributed by atoms with Gasteiger partial charge in [0.15, 0.2) is 0 Å². The number of fused-ring (bicyclic) bond motifs is 14. The molecular weight excluding hydrogens is 775 g/mol. The van der Waals surface area contributed by atoms with Crippen LogP contribution in [-0.4, -0.2) is 0 Å². The van der Waals surface area contributed by atoms with Crippen molar-refractivity contribution in [2.45, 2.75) is 37.5 Å². The van der Waals surface area contributed by atoms with Crippen molar-refractivity contribution >= 4 is 85.7 Å². The van der Waals surface area contributed by atoms with Crippen LogP contribution in [0.25, 0.3) is 57.0 Å². The fraction of sp³-hybridized carbons (Fsp3) is 0.103. The summed E-state index contributed by atoms with van der Waals surface area (Å²) in [7, 11) is 0. The van der Waals surface area contributed by atoms with Crippen LogP contribution < -0.4 is 4.90 Å². The first-order valence-corrected chi connectivity index (χ1v) is 23.1. The van der Waals surface area contributed by atoms with E-state index < -0.39 is 0 Å². The van der Waals surface area contributed by atoms with Crippen LogP contribution >= 0.6 is 22.7 Å². The van der Waals surface area contributed by atoms with Crippen LogP contribution in [0.1, 0.15) is 60.1 Å². The Bertz CT molecular complexity index is 3350. The molecule has 0 saturated heterocycles. The van der Waals surface area contributed by atoms with Crippen LogP contribution in [0.3, 0.4) is 0 Å². The number of anilines is 3. The van der Waals surface area contributed by atoms with E-state index in [1.165, 1.54) is 90.4 Å². The molecule has 8 aromatic carbocycles. The van der Waals surface area contributed by atoms with E-state index >= 15 is 0 Å². The lowest BCUT2D eigenvalue weighted by Crippen LogP contribution is -2.41. The highest BCUT2D eigenvalue weighted by Crippen LogP contribution is 2.63. The minimum absolute atomic E-state index is 0.102. The molecule has 3 heteroatoms. The summed E-state index contributed by atoms with van der Waals surface area (Å²) in [6.07, 6.45) is 6.91. The van der Waals surface area contributed by atoms with Gasteiger partial charge in [0, 0.05) is 62.8 Å². The Balaban J connectivity index is 0.967. The van der Waals surface area contributed by atoms with E-state index in [1.807, 2.05) is 22.7 Å². The zero-order chi connectivity index (χ0) is 40.5. The maximum atomic E-state index is 2.53. The quantitative estimate of drug-likeness (QED) is 0.171. The molecule has 0 atom stereocenters. The van der Waals surface area contributed by atoms with E-state index in [4.69, 9.17) is 0 Å².